The summed E-state index contributed by atoms with van der Waals surface area (Å²) in [6.07, 6.45) is 7.69. The van der Waals surface area contributed by atoms with Gasteiger partial charge in [0.25, 0.3) is 0 Å². The Morgan fingerprint density at radius 3 is 2.31 bits per heavy atom. The third kappa shape index (κ3) is 4.08. The van der Waals surface area contributed by atoms with Crippen LogP contribution in [0.25, 0.3) is 0 Å². The quantitative estimate of drug-likeness (QED) is 0.694. The SMILES string of the molecule is CC(C)CC1(N)CCCC(C(C)(C)C)CC1. The molecule has 0 spiro atoms. The molecule has 16 heavy (non-hydrogen) atoms. The number of hydrogen-bond acceptors (Lipinski definition) is 1. The molecule has 1 heteroatoms. The highest BCUT2D eigenvalue weighted by molar-refractivity contribution is 4.90. The molecule has 1 aliphatic rings. The number of hydrogen-bond donors (Lipinski definition) is 1. The van der Waals surface area contributed by atoms with Crippen LogP contribution in [-0.4, -0.2) is 5.54 Å². The highest BCUT2D eigenvalue weighted by atomic mass is 14.7. The lowest BCUT2D eigenvalue weighted by molar-refractivity contribution is 0.208. The van der Waals surface area contributed by atoms with Gasteiger partial charge in [0, 0.05) is 5.54 Å². The van der Waals surface area contributed by atoms with Gasteiger partial charge in [-0.05, 0) is 49.4 Å². The summed E-state index contributed by atoms with van der Waals surface area (Å²) < 4.78 is 0. The molecule has 1 rings (SSSR count). The normalized spacial score (nSPS) is 32.8. The predicted octanol–water partition coefficient (Wildman–Crippen LogP) is 4.36. The Labute approximate surface area is 102 Å². The highest BCUT2D eigenvalue weighted by Crippen LogP contribution is 2.40. The molecule has 2 atom stereocenters. The van der Waals surface area contributed by atoms with E-state index in [1.807, 2.05) is 0 Å². The van der Waals surface area contributed by atoms with E-state index in [1.165, 1.54) is 38.5 Å². The summed E-state index contributed by atoms with van der Waals surface area (Å²) in [7, 11) is 0. The van der Waals surface area contributed by atoms with Crippen LogP contribution in [0.15, 0.2) is 0 Å². The second kappa shape index (κ2) is 5.08. The molecule has 0 aromatic heterocycles. The van der Waals surface area contributed by atoms with E-state index in [0.29, 0.717) is 5.41 Å². The zero-order valence-corrected chi connectivity index (χ0v) is 12.0. The molecule has 96 valence electrons. The molecule has 0 heterocycles. The lowest BCUT2D eigenvalue weighted by Gasteiger charge is -2.32. The van der Waals surface area contributed by atoms with Gasteiger partial charge in [-0.15, -0.1) is 0 Å². The van der Waals surface area contributed by atoms with Crippen molar-refractivity contribution in [1.29, 1.82) is 0 Å². The van der Waals surface area contributed by atoms with Crippen molar-refractivity contribution < 1.29 is 0 Å². The molecule has 1 fully saturated rings. The Morgan fingerprint density at radius 2 is 1.81 bits per heavy atom. The zero-order chi connectivity index (χ0) is 12.4. The Hall–Kier alpha value is -0.0400. The minimum Gasteiger partial charge on any atom is -0.325 e. The maximum atomic E-state index is 6.57. The average molecular weight is 225 g/mol. The summed E-state index contributed by atoms with van der Waals surface area (Å²) in [5.41, 5.74) is 7.16. The first kappa shape index (κ1) is 14.0. The largest absolute Gasteiger partial charge is 0.325 e. The third-order valence-electron chi connectivity index (χ3n) is 4.26. The van der Waals surface area contributed by atoms with E-state index >= 15 is 0 Å². The maximum absolute atomic E-state index is 6.57. The fraction of sp³-hybridized carbons (Fsp3) is 1.00. The summed E-state index contributed by atoms with van der Waals surface area (Å²) in [6.45, 7) is 11.7. The highest BCUT2D eigenvalue weighted by Gasteiger charge is 2.33. The van der Waals surface area contributed by atoms with Gasteiger partial charge >= 0.3 is 0 Å². The fourth-order valence-corrected chi connectivity index (χ4v) is 3.31. The van der Waals surface area contributed by atoms with Gasteiger partial charge in [0.1, 0.15) is 0 Å². The zero-order valence-electron chi connectivity index (χ0n) is 12.0. The van der Waals surface area contributed by atoms with Crippen molar-refractivity contribution >= 4 is 0 Å². The Bertz CT molecular complexity index is 214. The Balaban J connectivity index is 2.58. The first-order valence-corrected chi connectivity index (χ1v) is 7.02. The predicted molar refractivity (Wildman–Crippen MR) is 72.4 cm³/mol. The third-order valence-corrected chi connectivity index (χ3v) is 4.26. The minimum atomic E-state index is 0.133. The molecular formula is C15H31N. The molecule has 0 saturated heterocycles. The van der Waals surface area contributed by atoms with E-state index in [1.54, 1.807) is 0 Å². The average Bonchev–Trinajstić information content (AvgIpc) is 2.24. The second-order valence-corrected chi connectivity index (χ2v) is 7.45. The van der Waals surface area contributed by atoms with Crippen LogP contribution in [0.2, 0.25) is 0 Å². The van der Waals surface area contributed by atoms with Crippen molar-refractivity contribution in [1.82, 2.24) is 0 Å². The molecule has 2 N–H and O–H groups in total. The summed E-state index contributed by atoms with van der Waals surface area (Å²) in [5, 5.41) is 0. The van der Waals surface area contributed by atoms with E-state index in [-0.39, 0.29) is 5.54 Å². The molecule has 0 aromatic rings. The van der Waals surface area contributed by atoms with Gasteiger partial charge in [-0.3, -0.25) is 0 Å². The van der Waals surface area contributed by atoms with Crippen LogP contribution >= 0.6 is 0 Å². The van der Waals surface area contributed by atoms with Crippen molar-refractivity contribution in [3.8, 4) is 0 Å². The summed E-state index contributed by atoms with van der Waals surface area (Å²) in [6, 6.07) is 0. The van der Waals surface area contributed by atoms with Gasteiger partial charge < -0.3 is 5.73 Å². The molecular weight excluding hydrogens is 194 g/mol. The molecule has 0 aliphatic heterocycles. The van der Waals surface area contributed by atoms with Crippen LogP contribution < -0.4 is 5.73 Å². The Morgan fingerprint density at radius 1 is 1.19 bits per heavy atom. The second-order valence-electron chi connectivity index (χ2n) is 7.45. The van der Waals surface area contributed by atoms with Crippen LogP contribution in [0.1, 0.15) is 73.1 Å². The molecule has 1 nitrogen and oxygen atoms in total. The van der Waals surface area contributed by atoms with E-state index in [2.05, 4.69) is 34.6 Å². The molecule has 1 saturated carbocycles. The molecule has 0 aromatic carbocycles. The maximum Gasteiger partial charge on any atom is 0.0156 e. The number of nitrogens with two attached hydrogens (primary N) is 1. The number of rotatable bonds is 2. The van der Waals surface area contributed by atoms with Gasteiger partial charge in [0.05, 0.1) is 0 Å². The van der Waals surface area contributed by atoms with Crippen molar-refractivity contribution in [2.75, 3.05) is 0 Å². The summed E-state index contributed by atoms with van der Waals surface area (Å²) in [5.74, 6) is 1.60. The van der Waals surface area contributed by atoms with Crippen LogP contribution in [0.3, 0.4) is 0 Å². The topological polar surface area (TPSA) is 26.0 Å². The smallest absolute Gasteiger partial charge is 0.0156 e. The first-order valence-electron chi connectivity index (χ1n) is 7.02. The van der Waals surface area contributed by atoms with Gasteiger partial charge in [-0.2, -0.15) is 0 Å². The molecule has 0 radical (unpaired) electrons. The van der Waals surface area contributed by atoms with Crippen LogP contribution in [-0.2, 0) is 0 Å². The summed E-state index contributed by atoms with van der Waals surface area (Å²) >= 11 is 0. The van der Waals surface area contributed by atoms with Gasteiger partial charge in [-0.1, -0.05) is 41.0 Å². The molecule has 1 aliphatic carbocycles. The van der Waals surface area contributed by atoms with E-state index in [0.717, 1.165) is 11.8 Å². The van der Waals surface area contributed by atoms with E-state index < -0.39 is 0 Å². The standard InChI is InChI=1S/C15H31N/c1-12(2)11-15(16)9-6-7-13(8-10-15)14(3,4)5/h12-13H,6-11,16H2,1-5H3. The van der Waals surface area contributed by atoms with Crippen molar-refractivity contribution in [2.24, 2.45) is 23.0 Å². The van der Waals surface area contributed by atoms with E-state index in [9.17, 15) is 0 Å². The fourth-order valence-electron chi connectivity index (χ4n) is 3.31. The van der Waals surface area contributed by atoms with Crippen LogP contribution in [0.5, 0.6) is 0 Å². The van der Waals surface area contributed by atoms with Crippen molar-refractivity contribution in [3.05, 3.63) is 0 Å². The molecule has 0 bridgehead atoms. The van der Waals surface area contributed by atoms with Gasteiger partial charge in [-0.25, -0.2) is 0 Å². The van der Waals surface area contributed by atoms with Crippen molar-refractivity contribution in [3.63, 3.8) is 0 Å². The van der Waals surface area contributed by atoms with Gasteiger partial charge in [0.15, 0.2) is 0 Å². The monoisotopic (exact) mass is 225 g/mol. The lowest BCUT2D eigenvalue weighted by atomic mass is 9.75. The molecule has 0 amide bonds. The summed E-state index contributed by atoms with van der Waals surface area (Å²) in [4.78, 5) is 0. The van der Waals surface area contributed by atoms with Crippen molar-refractivity contribution in [2.45, 2.75) is 78.7 Å². The first-order chi connectivity index (χ1) is 7.23. The van der Waals surface area contributed by atoms with Crippen LogP contribution in [0.4, 0.5) is 0 Å². The lowest BCUT2D eigenvalue weighted by Crippen LogP contribution is -2.40. The minimum absolute atomic E-state index is 0.133. The van der Waals surface area contributed by atoms with Gasteiger partial charge in [0.2, 0.25) is 0 Å². The Kier molecular flexibility index (Phi) is 4.45. The van der Waals surface area contributed by atoms with E-state index in [4.69, 9.17) is 5.73 Å². The molecule has 2 unspecified atom stereocenters. The van der Waals surface area contributed by atoms with Crippen LogP contribution in [0, 0.1) is 17.3 Å².